The number of fused-ring (bicyclic) bond motifs is 1. The summed E-state index contributed by atoms with van der Waals surface area (Å²) in [5.41, 5.74) is 0. The van der Waals surface area contributed by atoms with Crippen molar-refractivity contribution in [2.75, 3.05) is 20.2 Å². The van der Waals surface area contributed by atoms with Crippen LogP contribution in [0.2, 0.25) is 0 Å². The Morgan fingerprint density at radius 2 is 2.18 bits per heavy atom. The molecule has 0 aromatic heterocycles. The second-order valence-electron chi connectivity index (χ2n) is 3.15. The van der Waals surface area contributed by atoms with Gasteiger partial charge in [-0.1, -0.05) is 0 Å². The lowest BCUT2D eigenvalue weighted by atomic mass is 10.4. The second-order valence-corrected chi connectivity index (χ2v) is 3.15. The number of piperidine rings is 1. The fourth-order valence-corrected chi connectivity index (χ4v) is 1.83. The average Bonchev–Trinajstić information content (AvgIpc) is 2.52. The van der Waals surface area contributed by atoms with Crippen LogP contribution < -0.4 is 10.6 Å². The minimum absolute atomic E-state index is 0.301. The van der Waals surface area contributed by atoms with Crippen LogP contribution in [0.1, 0.15) is 0 Å². The molecule has 2 fully saturated rings. The molecule has 11 heavy (non-hydrogen) atoms. The van der Waals surface area contributed by atoms with E-state index in [-0.39, 0.29) is 6.09 Å². The van der Waals surface area contributed by atoms with Gasteiger partial charge in [-0.3, -0.25) is 0 Å². The summed E-state index contributed by atoms with van der Waals surface area (Å²) in [6, 6.07) is 0.378. The summed E-state index contributed by atoms with van der Waals surface area (Å²) in [6.45, 7) is 2.08. The van der Waals surface area contributed by atoms with E-state index in [2.05, 4.69) is 15.4 Å². The molecule has 1 unspecified atom stereocenters. The van der Waals surface area contributed by atoms with Crippen LogP contribution in [-0.4, -0.2) is 32.3 Å². The highest BCUT2D eigenvalue weighted by atomic mass is 16.5. The zero-order chi connectivity index (χ0) is 7.84. The maximum Gasteiger partial charge on any atom is 0.407 e. The van der Waals surface area contributed by atoms with Gasteiger partial charge in [0.2, 0.25) is 0 Å². The summed E-state index contributed by atoms with van der Waals surface area (Å²) in [7, 11) is 1.39. The molecule has 1 saturated heterocycles. The first kappa shape index (κ1) is 6.91. The molecule has 0 bridgehead atoms. The fourth-order valence-electron chi connectivity index (χ4n) is 1.83. The van der Waals surface area contributed by atoms with Gasteiger partial charge in [0.15, 0.2) is 0 Å². The number of hydrogen-bond donors (Lipinski definition) is 2. The number of hydrogen-bond acceptors (Lipinski definition) is 3. The van der Waals surface area contributed by atoms with Gasteiger partial charge in [0, 0.05) is 19.1 Å². The van der Waals surface area contributed by atoms with E-state index in [0.717, 1.165) is 13.1 Å². The zero-order valence-corrected chi connectivity index (χ0v) is 6.46. The topological polar surface area (TPSA) is 50.4 Å². The number of methoxy groups -OCH3 is 1. The van der Waals surface area contributed by atoms with E-state index < -0.39 is 0 Å². The molecule has 1 amide bonds. The van der Waals surface area contributed by atoms with Gasteiger partial charge in [0.25, 0.3) is 0 Å². The van der Waals surface area contributed by atoms with Crippen LogP contribution in [0.25, 0.3) is 0 Å². The van der Waals surface area contributed by atoms with E-state index in [1.807, 2.05) is 0 Å². The van der Waals surface area contributed by atoms with Gasteiger partial charge in [-0.25, -0.2) is 4.79 Å². The Hall–Kier alpha value is -0.770. The Balaban J connectivity index is 1.79. The van der Waals surface area contributed by atoms with Crippen molar-refractivity contribution in [3.8, 4) is 0 Å². The van der Waals surface area contributed by atoms with E-state index in [1.54, 1.807) is 0 Å². The number of rotatable bonds is 1. The molecule has 4 nitrogen and oxygen atoms in total. The lowest BCUT2D eigenvalue weighted by molar-refractivity contribution is 0.169. The highest BCUT2D eigenvalue weighted by Gasteiger charge is 2.53. The molecule has 0 aromatic carbocycles. The normalized spacial score (nSPS) is 39.5. The van der Waals surface area contributed by atoms with Gasteiger partial charge < -0.3 is 15.4 Å². The first-order chi connectivity index (χ1) is 5.33. The highest BCUT2D eigenvalue weighted by Crippen LogP contribution is 2.41. The number of alkyl carbamates (subject to hydrolysis) is 1. The van der Waals surface area contributed by atoms with E-state index in [0.29, 0.717) is 17.9 Å². The zero-order valence-electron chi connectivity index (χ0n) is 6.46. The Labute approximate surface area is 65.3 Å². The number of nitrogens with one attached hydrogen (secondary N) is 2. The molecule has 62 valence electrons. The smallest absolute Gasteiger partial charge is 0.407 e. The minimum atomic E-state index is -0.301. The molecule has 1 heterocycles. The summed E-state index contributed by atoms with van der Waals surface area (Å²) >= 11 is 0. The number of carbonyl (C=O) groups excluding carboxylic acids is 1. The van der Waals surface area contributed by atoms with E-state index in [1.165, 1.54) is 7.11 Å². The molecule has 0 spiro atoms. The molecule has 3 atom stereocenters. The van der Waals surface area contributed by atoms with Crippen LogP contribution in [0.15, 0.2) is 0 Å². The van der Waals surface area contributed by atoms with E-state index >= 15 is 0 Å². The van der Waals surface area contributed by atoms with Gasteiger partial charge in [0.1, 0.15) is 0 Å². The van der Waals surface area contributed by atoms with Gasteiger partial charge in [0.05, 0.1) is 7.11 Å². The quantitative estimate of drug-likeness (QED) is 0.541. The number of amides is 1. The standard InChI is InChI=1S/C7H12N2O2/c1-11-7(10)9-6-4-2-8-3-5(4)6/h4-6,8H,2-3H2,1H3,(H,9,10)/t4-,5+,6?. The Morgan fingerprint density at radius 1 is 1.55 bits per heavy atom. The molecular weight excluding hydrogens is 144 g/mol. The third-order valence-electron chi connectivity index (χ3n) is 2.56. The van der Waals surface area contributed by atoms with Gasteiger partial charge in [-0.15, -0.1) is 0 Å². The summed E-state index contributed by atoms with van der Waals surface area (Å²) in [5, 5.41) is 6.06. The maximum absolute atomic E-state index is 10.7. The summed E-state index contributed by atoms with van der Waals surface area (Å²) in [6.07, 6.45) is -0.301. The second kappa shape index (κ2) is 2.37. The Bertz CT molecular complexity index is 173. The molecule has 2 N–H and O–H groups in total. The monoisotopic (exact) mass is 156 g/mol. The predicted octanol–water partition coefficient (Wildman–Crippen LogP) is -0.440. The van der Waals surface area contributed by atoms with Gasteiger partial charge >= 0.3 is 6.09 Å². The summed E-state index contributed by atoms with van der Waals surface area (Å²) < 4.78 is 4.50. The van der Waals surface area contributed by atoms with E-state index in [9.17, 15) is 4.79 Å². The molecule has 1 saturated carbocycles. The van der Waals surface area contributed by atoms with Crippen molar-refractivity contribution in [1.82, 2.24) is 10.6 Å². The largest absolute Gasteiger partial charge is 0.453 e. The van der Waals surface area contributed by atoms with Crippen molar-refractivity contribution in [2.24, 2.45) is 11.8 Å². The van der Waals surface area contributed by atoms with Crippen molar-refractivity contribution < 1.29 is 9.53 Å². The number of ether oxygens (including phenoxy) is 1. The summed E-state index contributed by atoms with van der Waals surface area (Å²) in [5.74, 6) is 1.32. The number of carbonyl (C=O) groups is 1. The average molecular weight is 156 g/mol. The molecule has 2 rings (SSSR count). The first-order valence-corrected chi connectivity index (χ1v) is 3.88. The SMILES string of the molecule is COC(=O)NC1[C@H]2CNC[C@@H]12. The van der Waals surface area contributed by atoms with Crippen LogP contribution in [0, 0.1) is 11.8 Å². The molecule has 1 aliphatic heterocycles. The molecule has 2 aliphatic rings. The fraction of sp³-hybridized carbons (Fsp3) is 0.857. The van der Waals surface area contributed by atoms with Crippen LogP contribution >= 0.6 is 0 Å². The van der Waals surface area contributed by atoms with Crippen molar-refractivity contribution in [1.29, 1.82) is 0 Å². The Kier molecular flexibility index (Phi) is 1.49. The maximum atomic E-state index is 10.7. The van der Waals surface area contributed by atoms with Crippen LogP contribution in [0.4, 0.5) is 4.79 Å². The van der Waals surface area contributed by atoms with Gasteiger partial charge in [-0.2, -0.15) is 0 Å². The van der Waals surface area contributed by atoms with Crippen LogP contribution in [0.5, 0.6) is 0 Å². The van der Waals surface area contributed by atoms with E-state index in [4.69, 9.17) is 0 Å². The third kappa shape index (κ3) is 1.07. The molecule has 4 heteroatoms. The lowest BCUT2D eigenvalue weighted by Crippen LogP contribution is -2.32. The van der Waals surface area contributed by atoms with Crippen LogP contribution in [-0.2, 0) is 4.74 Å². The van der Waals surface area contributed by atoms with Crippen molar-refractivity contribution in [3.05, 3.63) is 0 Å². The molecular formula is C7H12N2O2. The molecule has 0 aromatic rings. The predicted molar refractivity (Wildman–Crippen MR) is 39.2 cm³/mol. The lowest BCUT2D eigenvalue weighted by Gasteiger charge is -2.05. The minimum Gasteiger partial charge on any atom is -0.453 e. The highest BCUT2D eigenvalue weighted by molar-refractivity contribution is 5.68. The third-order valence-corrected chi connectivity index (χ3v) is 2.56. The van der Waals surface area contributed by atoms with Gasteiger partial charge in [-0.05, 0) is 11.8 Å². The molecule has 1 aliphatic carbocycles. The first-order valence-electron chi connectivity index (χ1n) is 3.88. The Morgan fingerprint density at radius 3 is 2.73 bits per heavy atom. The van der Waals surface area contributed by atoms with Crippen LogP contribution in [0.3, 0.4) is 0 Å². The van der Waals surface area contributed by atoms with Crippen molar-refractivity contribution in [2.45, 2.75) is 6.04 Å². The van der Waals surface area contributed by atoms with Crippen molar-refractivity contribution in [3.63, 3.8) is 0 Å². The molecule has 0 radical (unpaired) electrons. The van der Waals surface area contributed by atoms with Crippen molar-refractivity contribution >= 4 is 6.09 Å². The summed E-state index contributed by atoms with van der Waals surface area (Å²) in [4.78, 5) is 10.7.